The number of carbonyl (C=O) groups is 1. The molecule has 2 aromatic carbocycles. The summed E-state index contributed by atoms with van der Waals surface area (Å²) < 4.78 is 38.9. The molecule has 4 nitrogen and oxygen atoms in total. The minimum Gasteiger partial charge on any atom is -0.493 e. The topological polar surface area (TPSA) is 38.8 Å². The molecule has 1 fully saturated rings. The molecule has 0 spiro atoms. The zero-order chi connectivity index (χ0) is 21.7. The molecule has 0 bridgehead atoms. The first-order valence-corrected chi connectivity index (χ1v) is 10.3. The molecule has 2 aromatic rings. The van der Waals surface area contributed by atoms with Gasteiger partial charge in [0.1, 0.15) is 17.2 Å². The summed E-state index contributed by atoms with van der Waals surface area (Å²) in [5, 5.41) is 0. The van der Waals surface area contributed by atoms with Gasteiger partial charge in [0, 0.05) is 18.2 Å². The fraction of sp³-hybridized carbons (Fsp3) is 0.458. The number of halogens is 2. The molecule has 1 saturated heterocycles. The van der Waals surface area contributed by atoms with Gasteiger partial charge in [0.05, 0.1) is 19.3 Å². The van der Waals surface area contributed by atoms with Crippen LogP contribution in [0.3, 0.4) is 0 Å². The summed E-state index contributed by atoms with van der Waals surface area (Å²) in [5.74, 6) is 0.0793. The Kier molecular flexibility index (Phi) is 7.08. The molecule has 1 heterocycles. The Bertz CT molecular complexity index is 854. The predicted molar refractivity (Wildman–Crippen MR) is 113 cm³/mol. The molecule has 0 radical (unpaired) electrons. The Hall–Kier alpha value is -2.47. The molecule has 1 aliphatic rings. The number of ether oxygens (including phenoxy) is 2. The number of nitrogens with zero attached hydrogens (tertiary/aromatic N) is 1. The van der Waals surface area contributed by atoms with Crippen molar-refractivity contribution in [3.8, 4) is 16.9 Å². The van der Waals surface area contributed by atoms with Crippen LogP contribution in [-0.4, -0.2) is 49.9 Å². The second kappa shape index (κ2) is 9.56. The molecule has 30 heavy (non-hydrogen) atoms. The van der Waals surface area contributed by atoms with E-state index in [1.165, 1.54) is 13.2 Å². The quantitative estimate of drug-likeness (QED) is 0.587. The third-order valence-corrected chi connectivity index (χ3v) is 5.35. The van der Waals surface area contributed by atoms with Crippen LogP contribution >= 0.6 is 0 Å². The number of alkyl halides is 1. The van der Waals surface area contributed by atoms with Gasteiger partial charge in [-0.3, -0.25) is 0 Å². The summed E-state index contributed by atoms with van der Waals surface area (Å²) in [5.41, 5.74) is 0.362. The lowest BCUT2D eigenvalue weighted by Crippen LogP contribution is -2.41. The van der Waals surface area contributed by atoms with E-state index in [9.17, 15) is 13.6 Å². The van der Waals surface area contributed by atoms with E-state index in [2.05, 4.69) is 9.64 Å². The van der Waals surface area contributed by atoms with E-state index in [-0.39, 0.29) is 5.82 Å². The molecule has 3 rings (SSSR count). The molecule has 0 aliphatic carbocycles. The lowest BCUT2D eigenvalue weighted by Gasteiger charge is -2.34. The Labute approximate surface area is 176 Å². The van der Waals surface area contributed by atoms with Crippen molar-refractivity contribution >= 4 is 5.97 Å². The zero-order valence-corrected chi connectivity index (χ0v) is 17.8. The monoisotopic (exact) mass is 417 g/mol. The van der Waals surface area contributed by atoms with E-state index in [4.69, 9.17) is 4.74 Å². The summed E-state index contributed by atoms with van der Waals surface area (Å²) in [7, 11) is 1.32. The van der Waals surface area contributed by atoms with Crippen LogP contribution < -0.4 is 4.74 Å². The van der Waals surface area contributed by atoms with Gasteiger partial charge in [-0.25, -0.2) is 13.6 Å². The average molecular weight is 417 g/mol. The van der Waals surface area contributed by atoms with Crippen molar-refractivity contribution in [2.45, 2.75) is 32.4 Å². The van der Waals surface area contributed by atoms with Gasteiger partial charge in [0.25, 0.3) is 0 Å². The van der Waals surface area contributed by atoms with Gasteiger partial charge in [-0.15, -0.1) is 0 Å². The summed E-state index contributed by atoms with van der Waals surface area (Å²) >= 11 is 0. The van der Waals surface area contributed by atoms with Gasteiger partial charge in [0.2, 0.25) is 0 Å². The van der Waals surface area contributed by atoms with Gasteiger partial charge >= 0.3 is 5.97 Å². The van der Waals surface area contributed by atoms with E-state index in [1.807, 2.05) is 0 Å². The minimum atomic E-state index is -1.18. The summed E-state index contributed by atoms with van der Waals surface area (Å²) in [6.07, 6.45) is 1.90. The molecular formula is C24H29F2NO3. The molecule has 0 atom stereocenters. The van der Waals surface area contributed by atoms with Crippen molar-refractivity contribution < 1.29 is 23.0 Å². The van der Waals surface area contributed by atoms with Crippen LogP contribution in [0, 0.1) is 11.7 Å². The highest BCUT2D eigenvalue weighted by atomic mass is 19.1. The second-order valence-electron chi connectivity index (χ2n) is 8.46. The third-order valence-electron chi connectivity index (χ3n) is 5.35. The first-order chi connectivity index (χ1) is 14.2. The van der Waals surface area contributed by atoms with Crippen LogP contribution in [0.1, 0.15) is 37.0 Å². The van der Waals surface area contributed by atoms with Crippen LogP contribution in [0.25, 0.3) is 11.1 Å². The highest BCUT2D eigenvalue weighted by Gasteiger charge is 2.25. The van der Waals surface area contributed by atoms with Crippen LogP contribution in [0.4, 0.5) is 8.78 Å². The Morgan fingerprint density at radius 3 is 2.37 bits per heavy atom. The number of methoxy groups -OCH3 is 1. The number of rotatable bonds is 7. The number of esters is 1. The predicted octanol–water partition coefficient (Wildman–Crippen LogP) is 5.12. The van der Waals surface area contributed by atoms with Crippen LogP contribution in [-0.2, 0) is 4.74 Å². The number of carbonyl (C=O) groups excluding carboxylic acids is 1. The SMILES string of the molecule is COC(=O)c1ccc(-c2ccc(OCC3CCN(CC(C)(C)F)CC3)cc2F)cc1. The maximum absolute atomic E-state index is 14.6. The van der Waals surface area contributed by atoms with Crippen LogP contribution in [0.5, 0.6) is 5.75 Å². The fourth-order valence-electron chi connectivity index (χ4n) is 3.78. The molecule has 162 valence electrons. The smallest absolute Gasteiger partial charge is 0.337 e. The maximum atomic E-state index is 14.6. The Balaban J connectivity index is 1.54. The fourth-order valence-corrected chi connectivity index (χ4v) is 3.78. The van der Waals surface area contributed by atoms with Crippen molar-refractivity contribution in [2.24, 2.45) is 5.92 Å². The third kappa shape index (κ3) is 6.02. The van der Waals surface area contributed by atoms with Crippen molar-refractivity contribution in [3.63, 3.8) is 0 Å². The van der Waals surface area contributed by atoms with Crippen molar-refractivity contribution in [1.82, 2.24) is 4.90 Å². The number of hydrogen-bond donors (Lipinski definition) is 0. The molecular weight excluding hydrogens is 388 g/mol. The number of piperidine rings is 1. The van der Waals surface area contributed by atoms with Gasteiger partial charge < -0.3 is 14.4 Å². The molecule has 0 unspecified atom stereocenters. The van der Waals surface area contributed by atoms with E-state index in [0.717, 1.165) is 25.9 Å². The van der Waals surface area contributed by atoms with Crippen molar-refractivity contribution in [1.29, 1.82) is 0 Å². The first kappa shape index (κ1) is 22.2. The highest BCUT2D eigenvalue weighted by molar-refractivity contribution is 5.90. The van der Waals surface area contributed by atoms with Gasteiger partial charge in [0.15, 0.2) is 0 Å². The molecule has 0 aromatic heterocycles. The maximum Gasteiger partial charge on any atom is 0.337 e. The van der Waals surface area contributed by atoms with Gasteiger partial charge in [-0.1, -0.05) is 12.1 Å². The lowest BCUT2D eigenvalue weighted by molar-refractivity contribution is 0.0600. The van der Waals surface area contributed by atoms with E-state index >= 15 is 0 Å². The summed E-state index contributed by atoms with van der Waals surface area (Å²) in [6, 6.07) is 11.4. The first-order valence-electron chi connectivity index (χ1n) is 10.3. The van der Waals surface area contributed by atoms with Crippen molar-refractivity contribution in [2.75, 3.05) is 33.4 Å². The molecule has 1 aliphatic heterocycles. The lowest BCUT2D eigenvalue weighted by atomic mass is 9.97. The minimum absolute atomic E-state index is 0.377. The molecule has 0 saturated carbocycles. The second-order valence-corrected chi connectivity index (χ2v) is 8.46. The van der Waals surface area contributed by atoms with Gasteiger partial charge in [-0.2, -0.15) is 0 Å². The molecule has 6 heteroatoms. The summed E-state index contributed by atoms with van der Waals surface area (Å²) in [4.78, 5) is 13.7. The summed E-state index contributed by atoms with van der Waals surface area (Å²) in [6.45, 7) is 5.90. The van der Waals surface area contributed by atoms with Crippen molar-refractivity contribution in [3.05, 3.63) is 53.8 Å². The zero-order valence-electron chi connectivity index (χ0n) is 17.8. The standard InChI is InChI=1S/C24H29F2NO3/c1-24(2,26)16-27-12-10-17(11-13-27)15-30-20-8-9-21(22(25)14-20)18-4-6-19(7-5-18)23(28)29-3/h4-9,14,17H,10-13,15-16H2,1-3H3. The normalized spacial score (nSPS) is 15.8. The largest absolute Gasteiger partial charge is 0.493 e. The van der Waals surface area contributed by atoms with Crippen LogP contribution in [0.2, 0.25) is 0 Å². The number of hydrogen-bond acceptors (Lipinski definition) is 4. The Morgan fingerprint density at radius 2 is 1.80 bits per heavy atom. The highest BCUT2D eigenvalue weighted by Crippen LogP contribution is 2.28. The van der Waals surface area contributed by atoms with E-state index in [0.29, 0.717) is 41.5 Å². The molecule has 0 amide bonds. The molecule has 0 N–H and O–H groups in total. The van der Waals surface area contributed by atoms with E-state index < -0.39 is 11.6 Å². The van der Waals surface area contributed by atoms with Gasteiger partial charge in [-0.05, 0) is 75.5 Å². The Morgan fingerprint density at radius 1 is 1.13 bits per heavy atom. The van der Waals surface area contributed by atoms with E-state index in [1.54, 1.807) is 50.2 Å². The van der Waals surface area contributed by atoms with Crippen LogP contribution in [0.15, 0.2) is 42.5 Å². The number of likely N-dealkylation sites (tertiary alicyclic amines) is 1. The number of benzene rings is 2. The average Bonchev–Trinajstić information content (AvgIpc) is 2.72.